The number of aryl methyl sites for hydroxylation is 1. The Hall–Kier alpha value is -2.44. The standard InChI is InChI=1S/C13H15FN2O4/c1-15-13(19)16-11(17)8-20-12(18)7-4-9-2-5-10(14)6-3-9/h2-3,5-6H,4,7-8H2,1H3,(H2,15,16,17,19). The summed E-state index contributed by atoms with van der Waals surface area (Å²) in [7, 11) is 1.36. The summed E-state index contributed by atoms with van der Waals surface area (Å²) in [5.74, 6) is -1.62. The first-order chi connectivity index (χ1) is 9.51. The van der Waals surface area contributed by atoms with Crippen molar-refractivity contribution in [2.75, 3.05) is 13.7 Å². The highest BCUT2D eigenvalue weighted by Gasteiger charge is 2.10. The molecule has 108 valence electrons. The van der Waals surface area contributed by atoms with Gasteiger partial charge in [-0.1, -0.05) is 12.1 Å². The summed E-state index contributed by atoms with van der Waals surface area (Å²) >= 11 is 0. The van der Waals surface area contributed by atoms with E-state index in [2.05, 4.69) is 10.1 Å². The molecule has 0 aromatic heterocycles. The Bertz CT molecular complexity index is 488. The van der Waals surface area contributed by atoms with Crippen LogP contribution in [0.5, 0.6) is 0 Å². The predicted molar refractivity (Wildman–Crippen MR) is 68.3 cm³/mol. The van der Waals surface area contributed by atoms with Crippen LogP contribution in [0.2, 0.25) is 0 Å². The fourth-order valence-electron chi connectivity index (χ4n) is 1.34. The monoisotopic (exact) mass is 282 g/mol. The van der Waals surface area contributed by atoms with Gasteiger partial charge in [0.2, 0.25) is 0 Å². The van der Waals surface area contributed by atoms with Crippen LogP contribution in [0, 0.1) is 5.82 Å². The normalized spacial score (nSPS) is 9.70. The molecule has 0 aliphatic carbocycles. The van der Waals surface area contributed by atoms with Crippen molar-refractivity contribution < 1.29 is 23.5 Å². The van der Waals surface area contributed by atoms with E-state index < -0.39 is 24.5 Å². The molecule has 0 atom stereocenters. The van der Waals surface area contributed by atoms with E-state index in [1.165, 1.54) is 19.2 Å². The molecular formula is C13H15FN2O4. The number of amides is 3. The highest BCUT2D eigenvalue weighted by Crippen LogP contribution is 2.05. The molecule has 0 saturated carbocycles. The van der Waals surface area contributed by atoms with Crippen molar-refractivity contribution >= 4 is 17.9 Å². The molecule has 0 spiro atoms. The molecule has 1 aromatic rings. The molecule has 0 radical (unpaired) electrons. The zero-order valence-electron chi connectivity index (χ0n) is 10.9. The minimum absolute atomic E-state index is 0.0683. The fraction of sp³-hybridized carbons (Fsp3) is 0.308. The van der Waals surface area contributed by atoms with E-state index in [-0.39, 0.29) is 12.2 Å². The Balaban J connectivity index is 2.25. The molecular weight excluding hydrogens is 267 g/mol. The Morgan fingerprint density at radius 2 is 1.85 bits per heavy atom. The van der Waals surface area contributed by atoms with Crippen molar-refractivity contribution in [1.29, 1.82) is 0 Å². The van der Waals surface area contributed by atoms with E-state index in [9.17, 15) is 18.8 Å². The number of carbonyl (C=O) groups is 3. The quantitative estimate of drug-likeness (QED) is 0.781. The van der Waals surface area contributed by atoms with Gasteiger partial charge in [-0.15, -0.1) is 0 Å². The highest BCUT2D eigenvalue weighted by atomic mass is 19.1. The lowest BCUT2D eigenvalue weighted by molar-refractivity contribution is -0.148. The van der Waals surface area contributed by atoms with E-state index in [1.807, 2.05) is 5.32 Å². The van der Waals surface area contributed by atoms with Gasteiger partial charge < -0.3 is 10.1 Å². The summed E-state index contributed by atoms with van der Waals surface area (Å²) in [5, 5.41) is 4.15. The highest BCUT2D eigenvalue weighted by molar-refractivity contribution is 5.95. The number of carbonyl (C=O) groups excluding carboxylic acids is 3. The van der Waals surface area contributed by atoms with Crippen molar-refractivity contribution in [3.63, 3.8) is 0 Å². The van der Waals surface area contributed by atoms with Crippen LogP contribution in [0.3, 0.4) is 0 Å². The summed E-state index contributed by atoms with van der Waals surface area (Å²) in [6.07, 6.45) is 0.453. The minimum atomic E-state index is -0.709. The number of ether oxygens (including phenoxy) is 1. The van der Waals surface area contributed by atoms with Gasteiger partial charge in [0.25, 0.3) is 5.91 Å². The Morgan fingerprint density at radius 3 is 2.45 bits per heavy atom. The molecule has 6 nitrogen and oxygen atoms in total. The molecule has 1 aromatic carbocycles. The van der Waals surface area contributed by atoms with E-state index in [1.54, 1.807) is 12.1 Å². The number of rotatable bonds is 5. The second-order valence-electron chi connectivity index (χ2n) is 3.91. The number of hydrogen-bond acceptors (Lipinski definition) is 4. The Kier molecular flexibility index (Phi) is 6.15. The van der Waals surface area contributed by atoms with Crippen LogP contribution in [0.25, 0.3) is 0 Å². The molecule has 20 heavy (non-hydrogen) atoms. The fourth-order valence-corrected chi connectivity index (χ4v) is 1.34. The molecule has 1 rings (SSSR count). The van der Waals surface area contributed by atoms with Gasteiger partial charge in [-0.2, -0.15) is 0 Å². The summed E-state index contributed by atoms with van der Waals surface area (Å²) in [4.78, 5) is 33.3. The average molecular weight is 282 g/mol. The average Bonchev–Trinajstić information content (AvgIpc) is 2.44. The summed E-state index contributed by atoms with van der Waals surface area (Å²) in [5.41, 5.74) is 0.790. The van der Waals surface area contributed by atoms with Gasteiger partial charge in [0.05, 0.1) is 0 Å². The lowest BCUT2D eigenvalue weighted by Gasteiger charge is -2.05. The van der Waals surface area contributed by atoms with Crippen LogP contribution >= 0.6 is 0 Å². The summed E-state index contributed by atoms with van der Waals surface area (Å²) in [6.45, 7) is -0.518. The molecule has 0 unspecified atom stereocenters. The van der Waals surface area contributed by atoms with E-state index in [4.69, 9.17) is 0 Å². The molecule has 2 N–H and O–H groups in total. The number of nitrogens with one attached hydrogen (secondary N) is 2. The van der Waals surface area contributed by atoms with Crippen molar-refractivity contribution in [2.24, 2.45) is 0 Å². The van der Waals surface area contributed by atoms with E-state index in [0.717, 1.165) is 5.56 Å². The first-order valence-corrected chi connectivity index (χ1v) is 5.93. The van der Waals surface area contributed by atoms with Crippen LogP contribution in [0.1, 0.15) is 12.0 Å². The smallest absolute Gasteiger partial charge is 0.321 e. The number of imide groups is 1. The van der Waals surface area contributed by atoms with Gasteiger partial charge in [0, 0.05) is 13.5 Å². The van der Waals surface area contributed by atoms with Crippen LogP contribution in [-0.2, 0) is 20.7 Å². The maximum atomic E-state index is 12.7. The largest absolute Gasteiger partial charge is 0.456 e. The lowest BCUT2D eigenvalue weighted by Crippen LogP contribution is -2.39. The number of halogens is 1. The van der Waals surface area contributed by atoms with Gasteiger partial charge in [0.1, 0.15) is 5.82 Å². The maximum Gasteiger partial charge on any atom is 0.321 e. The molecule has 0 heterocycles. The zero-order chi connectivity index (χ0) is 15.0. The number of benzene rings is 1. The minimum Gasteiger partial charge on any atom is -0.456 e. The molecule has 0 saturated heterocycles. The van der Waals surface area contributed by atoms with Crippen LogP contribution in [0.15, 0.2) is 24.3 Å². The molecule has 3 amide bonds. The van der Waals surface area contributed by atoms with Crippen LogP contribution < -0.4 is 10.6 Å². The van der Waals surface area contributed by atoms with Gasteiger partial charge in [0.15, 0.2) is 6.61 Å². The Morgan fingerprint density at radius 1 is 1.20 bits per heavy atom. The first kappa shape index (κ1) is 15.6. The number of urea groups is 1. The van der Waals surface area contributed by atoms with Crippen molar-refractivity contribution in [2.45, 2.75) is 12.8 Å². The first-order valence-electron chi connectivity index (χ1n) is 5.93. The number of esters is 1. The van der Waals surface area contributed by atoms with E-state index in [0.29, 0.717) is 6.42 Å². The third-order valence-electron chi connectivity index (χ3n) is 2.38. The third-order valence-corrected chi connectivity index (χ3v) is 2.38. The van der Waals surface area contributed by atoms with Crippen molar-refractivity contribution in [1.82, 2.24) is 10.6 Å². The molecule has 0 fully saturated rings. The molecule has 7 heteroatoms. The second kappa shape index (κ2) is 7.88. The zero-order valence-corrected chi connectivity index (χ0v) is 10.9. The second-order valence-corrected chi connectivity index (χ2v) is 3.91. The molecule has 0 aliphatic heterocycles. The van der Waals surface area contributed by atoms with Gasteiger partial charge in [-0.05, 0) is 24.1 Å². The third kappa shape index (κ3) is 5.94. The number of hydrogen-bond donors (Lipinski definition) is 2. The van der Waals surface area contributed by atoms with Crippen LogP contribution in [0.4, 0.5) is 9.18 Å². The van der Waals surface area contributed by atoms with Gasteiger partial charge >= 0.3 is 12.0 Å². The summed E-state index contributed by atoms with van der Waals surface area (Å²) < 4.78 is 17.3. The van der Waals surface area contributed by atoms with Crippen molar-refractivity contribution in [3.8, 4) is 0 Å². The molecule has 0 aliphatic rings. The molecule has 0 bridgehead atoms. The van der Waals surface area contributed by atoms with Gasteiger partial charge in [-0.25, -0.2) is 9.18 Å². The van der Waals surface area contributed by atoms with Crippen molar-refractivity contribution in [3.05, 3.63) is 35.6 Å². The predicted octanol–water partition coefficient (Wildman–Crippen LogP) is 0.757. The lowest BCUT2D eigenvalue weighted by atomic mass is 10.1. The SMILES string of the molecule is CNC(=O)NC(=O)COC(=O)CCc1ccc(F)cc1. The van der Waals surface area contributed by atoms with Crippen LogP contribution in [-0.4, -0.2) is 31.6 Å². The Labute approximate surface area is 115 Å². The van der Waals surface area contributed by atoms with E-state index >= 15 is 0 Å². The van der Waals surface area contributed by atoms with Gasteiger partial charge in [-0.3, -0.25) is 14.9 Å². The summed E-state index contributed by atoms with van der Waals surface area (Å²) in [6, 6.07) is 5.08. The topological polar surface area (TPSA) is 84.5 Å². The maximum absolute atomic E-state index is 12.7.